The zero-order valence-corrected chi connectivity index (χ0v) is 12.3. The predicted octanol–water partition coefficient (Wildman–Crippen LogP) is 3.55. The van der Waals surface area contributed by atoms with Gasteiger partial charge >= 0.3 is 0 Å². The Hall–Kier alpha value is -1.59. The molecule has 2 aromatic rings. The second-order valence-electron chi connectivity index (χ2n) is 4.10. The van der Waals surface area contributed by atoms with E-state index in [2.05, 4.69) is 0 Å². The van der Waals surface area contributed by atoms with E-state index < -0.39 is 0 Å². The number of carbonyl (C=O) groups excluding carboxylic acids is 1. The average molecular weight is 306 g/mol. The fourth-order valence-electron chi connectivity index (χ4n) is 1.45. The molecule has 3 nitrogen and oxygen atoms in total. The predicted molar refractivity (Wildman–Crippen MR) is 82.7 cm³/mol. The van der Waals surface area contributed by atoms with Crippen LogP contribution in [0.3, 0.4) is 0 Å². The van der Waals surface area contributed by atoms with E-state index >= 15 is 0 Å². The monoisotopic (exact) mass is 306 g/mol. The number of aromatic hydroxyl groups is 2. The molecule has 0 unspecified atom stereocenters. The molecular formula is C15H14O3S2. The Kier molecular flexibility index (Phi) is 5.38. The first-order valence-electron chi connectivity index (χ1n) is 5.99. The van der Waals surface area contributed by atoms with Gasteiger partial charge in [-0.3, -0.25) is 4.79 Å². The van der Waals surface area contributed by atoms with Gasteiger partial charge in [0, 0.05) is 9.79 Å². The lowest BCUT2D eigenvalue weighted by Crippen LogP contribution is -2.04. The fraction of sp³-hybridized carbons (Fsp3) is 0.133. The van der Waals surface area contributed by atoms with Gasteiger partial charge in [-0.05, 0) is 48.5 Å². The maximum Gasteiger partial charge on any atom is 0.153 e. The molecule has 2 aromatic carbocycles. The molecule has 0 heterocycles. The van der Waals surface area contributed by atoms with Gasteiger partial charge in [-0.15, -0.1) is 23.5 Å². The Labute approximate surface area is 126 Å². The summed E-state index contributed by atoms with van der Waals surface area (Å²) in [5.41, 5.74) is 0. The van der Waals surface area contributed by atoms with Crippen molar-refractivity contribution >= 4 is 29.3 Å². The summed E-state index contributed by atoms with van der Waals surface area (Å²) in [5, 5.41) is 18.3. The summed E-state index contributed by atoms with van der Waals surface area (Å²) in [6.07, 6.45) is 0. The maximum atomic E-state index is 11.8. The third-order valence-corrected chi connectivity index (χ3v) is 4.62. The number of Topliss-reactive ketones (excluding diaryl/α,β-unsaturated/α-hetero) is 1. The molecule has 0 fully saturated rings. The van der Waals surface area contributed by atoms with Crippen molar-refractivity contribution in [1.82, 2.24) is 0 Å². The first kappa shape index (κ1) is 14.8. The summed E-state index contributed by atoms with van der Waals surface area (Å²) in [5.74, 6) is 1.43. The number of ketones is 1. The summed E-state index contributed by atoms with van der Waals surface area (Å²) >= 11 is 2.92. The Morgan fingerprint density at radius 2 is 1.10 bits per heavy atom. The molecule has 0 bridgehead atoms. The Bertz CT molecular complexity index is 513. The summed E-state index contributed by atoms with van der Waals surface area (Å²) in [7, 11) is 0. The molecule has 0 aromatic heterocycles. The molecule has 20 heavy (non-hydrogen) atoms. The molecule has 5 heteroatoms. The van der Waals surface area contributed by atoms with Gasteiger partial charge in [0.2, 0.25) is 0 Å². The summed E-state index contributed by atoms with van der Waals surface area (Å²) in [4.78, 5) is 13.7. The van der Waals surface area contributed by atoms with Crippen molar-refractivity contribution in [2.45, 2.75) is 9.79 Å². The van der Waals surface area contributed by atoms with E-state index in [1.165, 1.54) is 23.5 Å². The van der Waals surface area contributed by atoms with Crippen LogP contribution < -0.4 is 0 Å². The minimum absolute atomic E-state index is 0.154. The van der Waals surface area contributed by atoms with Crippen LogP contribution in [0.4, 0.5) is 0 Å². The molecule has 0 aliphatic rings. The van der Waals surface area contributed by atoms with Crippen molar-refractivity contribution in [3.8, 4) is 11.5 Å². The van der Waals surface area contributed by atoms with E-state index in [0.29, 0.717) is 11.5 Å². The minimum atomic E-state index is 0.154. The first-order valence-corrected chi connectivity index (χ1v) is 7.96. The van der Waals surface area contributed by atoms with Crippen LogP contribution in [0.2, 0.25) is 0 Å². The van der Waals surface area contributed by atoms with Crippen LogP contribution in [0.1, 0.15) is 0 Å². The van der Waals surface area contributed by atoms with Gasteiger partial charge in [0.25, 0.3) is 0 Å². The van der Waals surface area contributed by atoms with Gasteiger partial charge in [0.1, 0.15) is 11.5 Å². The fourth-order valence-corrected chi connectivity index (χ4v) is 3.10. The normalized spacial score (nSPS) is 10.4. The van der Waals surface area contributed by atoms with E-state index in [-0.39, 0.29) is 17.3 Å². The van der Waals surface area contributed by atoms with E-state index in [1.54, 1.807) is 48.5 Å². The van der Waals surface area contributed by atoms with Gasteiger partial charge in [-0.25, -0.2) is 0 Å². The second kappa shape index (κ2) is 7.26. The van der Waals surface area contributed by atoms with Crippen LogP contribution >= 0.6 is 23.5 Å². The number of phenols is 2. The smallest absolute Gasteiger partial charge is 0.153 e. The highest BCUT2D eigenvalue weighted by Crippen LogP contribution is 2.23. The van der Waals surface area contributed by atoms with Crippen molar-refractivity contribution in [1.29, 1.82) is 0 Å². The highest BCUT2D eigenvalue weighted by atomic mass is 32.2. The van der Waals surface area contributed by atoms with Crippen LogP contribution in [-0.4, -0.2) is 27.5 Å². The van der Waals surface area contributed by atoms with Crippen molar-refractivity contribution in [2.24, 2.45) is 0 Å². The molecule has 0 atom stereocenters. The first-order chi connectivity index (χ1) is 9.63. The molecule has 0 saturated heterocycles. The van der Waals surface area contributed by atoms with Gasteiger partial charge < -0.3 is 10.2 Å². The van der Waals surface area contributed by atoms with Crippen LogP contribution in [0.25, 0.3) is 0 Å². The average Bonchev–Trinajstić information content (AvgIpc) is 2.46. The molecule has 2 N–H and O–H groups in total. The van der Waals surface area contributed by atoms with E-state index in [9.17, 15) is 4.79 Å². The summed E-state index contributed by atoms with van der Waals surface area (Å²) in [6.45, 7) is 0. The van der Waals surface area contributed by atoms with Crippen LogP contribution in [0.5, 0.6) is 11.5 Å². The van der Waals surface area contributed by atoms with Gasteiger partial charge in [0.15, 0.2) is 5.78 Å². The number of benzene rings is 2. The van der Waals surface area contributed by atoms with Crippen molar-refractivity contribution in [3.63, 3.8) is 0 Å². The zero-order valence-electron chi connectivity index (χ0n) is 10.7. The zero-order chi connectivity index (χ0) is 14.4. The lowest BCUT2D eigenvalue weighted by atomic mass is 10.3. The molecule has 0 amide bonds. The van der Waals surface area contributed by atoms with Crippen LogP contribution in [0, 0.1) is 0 Å². The molecule has 2 rings (SSSR count). The van der Waals surface area contributed by atoms with Crippen molar-refractivity contribution in [2.75, 3.05) is 11.5 Å². The topological polar surface area (TPSA) is 57.5 Å². The number of carbonyl (C=O) groups is 1. The van der Waals surface area contributed by atoms with Crippen molar-refractivity contribution in [3.05, 3.63) is 48.5 Å². The minimum Gasteiger partial charge on any atom is -0.508 e. The van der Waals surface area contributed by atoms with E-state index in [0.717, 1.165) is 9.79 Å². The van der Waals surface area contributed by atoms with E-state index in [4.69, 9.17) is 10.2 Å². The second-order valence-corrected chi connectivity index (χ2v) is 6.20. The summed E-state index contributed by atoms with van der Waals surface area (Å²) < 4.78 is 0. The number of phenolic OH excluding ortho intramolecular Hbond substituents is 2. The van der Waals surface area contributed by atoms with Gasteiger partial charge in [-0.2, -0.15) is 0 Å². The van der Waals surface area contributed by atoms with Crippen molar-refractivity contribution < 1.29 is 15.0 Å². The third-order valence-electron chi connectivity index (χ3n) is 2.47. The highest BCUT2D eigenvalue weighted by molar-refractivity contribution is 8.01. The standard InChI is InChI=1S/C15H14O3S2/c16-11-1-5-14(6-2-11)19-9-13(18)10-20-15-7-3-12(17)4-8-15/h1-8,16-17H,9-10H2. The molecule has 0 spiro atoms. The Balaban J connectivity index is 1.75. The van der Waals surface area contributed by atoms with Crippen LogP contribution in [0.15, 0.2) is 58.3 Å². The molecule has 0 aliphatic heterocycles. The third kappa shape index (κ3) is 4.83. The molecular weight excluding hydrogens is 292 g/mol. The Morgan fingerprint density at radius 3 is 1.45 bits per heavy atom. The van der Waals surface area contributed by atoms with Gasteiger partial charge in [0.05, 0.1) is 11.5 Å². The SMILES string of the molecule is O=C(CSc1ccc(O)cc1)CSc1ccc(O)cc1. The molecule has 0 aliphatic carbocycles. The molecule has 0 saturated carbocycles. The number of rotatable bonds is 6. The quantitative estimate of drug-likeness (QED) is 0.799. The number of hydrogen-bond donors (Lipinski definition) is 2. The highest BCUT2D eigenvalue weighted by Gasteiger charge is 2.05. The van der Waals surface area contributed by atoms with E-state index in [1.807, 2.05) is 0 Å². The van der Waals surface area contributed by atoms with Crippen LogP contribution in [-0.2, 0) is 4.79 Å². The lowest BCUT2D eigenvalue weighted by Gasteiger charge is -2.03. The number of hydrogen-bond acceptors (Lipinski definition) is 5. The maximum absolute atomic E-state index is 11.8. The molecule has 104 valence electrons. The lowest BCUT2D eigenvalue weighted by molar-refractivity contribution is -0.114. The largest absolute Gasteiger partial charge is 0.508 e. The molecule has 0 radical (unpaired) electrons. The number of thioether (sulfide) groups is 2. The summed E-state index contributed by atoms with van der Waals surface area (Å²) in [6, 6.07) is 13.6. The van der Waals surface area contributed by atoms with Gasteiger partial charge in [-0.1, -0.05) is 0 Å². The Morgan fingerprint density at radius 1 is 0.750 bits per heavy atom.